The highest BCUT2D eigenvalue weighted by Crippen LogP contribution is 2.31. The third-order valence-corrected chi connectivity index (χ3v) is 7.26. The fourth-order valence-electron chi connectivity index (χ4n) is 5.18. The zero-order valence-electron chi connectivity index (χ0n) is 19.4. The first-order valence-corrected chi connectivity index (χ1v) is 12.4. The molecule has 5 heterocycles. The maximum absolute atomic E-state index is 13.9. The van der Waals surface area contributed by atoms with Gasteiger partial charge in [0.25, 0.3) is 11.4 Å². The molecule has 2 aliphatic rings. The Morgan fingerprint density at radius 1 is 1.22 bits per heavy atom. The Kier molecular flexibility index (Phi) is 5.97. The predicted molar refractivity (Wildman–Crippen MR) is 130 cm³/mol. The molecule has 12 heteroatoms. The van der Waals surface area contributed by atoms with Gasteiger partial charge in [0.2, 0.25) is 5.82 Å². The van der Waals surface area contributed by atoms with Crippen LogP contribution in [0.1, 0.15) is 43.2 Å². The van der Waals surface area contributed by atoms with Crippen molar-refractivity contribution in [3.8, 4) is 17.6 Å². The number of benzene rings is 1. The summed E-state index contributed by atoms with van der Waals surface area (Å²) < 4.78 is 14.3. The number of piperidine rings is 1. The Balaban J connectivity index is 1.50. The summed E-state index contributed by atoms with van der Waals surface area (Å²) in [6.45, 7) is 2.88. The molecule has 2 unspecified atom stereocenters. The second-order valence-corrected chi connectivity index (χ2v) is 9.63. The van der Waals surface area contributed by atoms with E-state index in [1.807, 2.05) is 0 Å². The number of hydrogen-bond acceptors (Lipinski definition) is 9. The molecular formula is C24H24ClN7O4. The second kappa shape index (κ2) is 9.29. The van der Waals surface area contributed by atoms with Crippen molar-refractivity contribution >= 4 is 28.2 Å². The van der Waals surface area contributed by atoms with E-state index in [-0.39, 0.29) is 39.7 Å². The van der Waals surface area contributed by atoms with E-state index in [0.717, 1.165) is 32.2 Å². The summed E-state index contributed by atoms with van der Waals surface area (Å²) in [4.78, 5) is 25.0. The van der Waals surface area contributed by atoms with E-state index in [2.05, 4.69) is 26.1 Å². The fourth-order valence-corrected chi connectivity index (χ4v) is 5.38. The summed E-state index contributed by atoms with van der Waals surface area (Å²) in [6, 6.07) is 5.57. The quantitative estimate of drug-likeness (QED) is 0.430. The molecule has 6 rings (SSSR count). The van der Waals surface area contributed by atoms with Gasteiger partial charge in [-0.2, -0.15) is 10.2 Å². The van der Waals surface area contributed by atoms with Crippen LogP contribution in [0.5, 0.6) is 0 Å². The zero-order valence-corrected chi connectivity index (χ0v) is 20.2. The lowest BCUT2D eigenvalue weighted by Crippen LogP contribution is -2.41. The van der Waals surface area contributed by atoms with Gasteiger partial charge in [0.15, 0.2) is 0 Å². The van der Waals surface area contributed by atoms with Gasteiger partial charge in [-0.1, -0.05) is 16.8 Å². The van der Waals surface area contributed by atoms with Crippen LogP contribution in [-0.2, 0) is 11.3 Å². The van der Waals surface area contributed by atoms with Gasteiger partial charge >= 0.3 is 0 Å². The van der Waals surface area contributed by atoms with Crippen molar-refractivity contribution in [1.29, 1.82) is 5.26 Å². The lowest BCUT2D eigenvalue weighted by molar-refractivity contribution is 0.0690. The summed E-state index contributed by atoms with van der Waals surface area (Å²) in [5, 5.41) is 24.3. The molecule has 4 aromatic rings. The second-order valence-electron chi connectivity index (χ2n) is 9.23. The minimum atomic E-state index is -0.378. The summed E-state index contributed by atoms with van der Waals surface area (Å²) in [5.74, 6) is 0.576. The number of nitrogens with zero attached hydrogens (tertiary/aromatic N) is 7. The molecule has 186 valence electrons. The van der Waals surface area contributed by atoms with Crippen LogP contribution < -0.4 is 5.56 Å². The van der Waals surface area contributed by atoms with E-state index in [4.69, 9.17) is 20.9 Å². The number of likely N-dealkylation sites (tertiary alicyclic amines) is 1. The highest BCUT2D eigenvalue weighted by Gasteiger charge is 2.27. The number of β-amino-alcohol motifs (C(OH)–C–C–N with tert-alkyl or cyclic N) is 1. The molecular weight excluding hydrogens is 486 g/mol. The number of nitriles is 1. The number of halogens is 1. The van der Waals surface area contributed by atoms with Crippen molar-refractivity contribution in [2.24, 2.45) is 0 Å². The Labute approximate surface area is 210 Å². The van der Waals surface area contributed by atoms with Gasteiger partial charge < -0.3 is 18.9 Å². The smallest absolute Gasteiger partial charge is 0.277 e. The Bertz CT molecular complexity index is 1550. The van der Waals surface area contributed by atoms with Crippen LogP contribution in [0.25, 0.3) is 28.1 Å². The highest BCUT2D eigenvalue weighted by molar-refractivity contribution is 6.32. The van der Waals surface area contributed by atoms with Crippen LogP contribution in [0.3, 0.4) is 0 Å². The molecule has 3 aromatic heterocycles. The van der Waals surface area contributed by atoms with Gasteiger partial charge in [-0.15, -0.1) is 0 Å². The minimum absolute atomic E-state index is 0.208. The molecule has 0 spiro atoms. The number of imidazole rings is 1. The van der Waals surface area contributed by atoms with E-state index in [1.54, 1.807) is 21.1 Å². The fraction of sp³-hybridized carbons (Fsp3) is 0.458. The van der Waals surface area contributed by atoms with Crippen LogP contribution >= 0.6 is 11.6 Å². The third kappa shape index (κ3) is 3.87. The van der Waals surface area contributed by atoms with Crippen LogP contribution in [0.4, 0.5) is 0 Å². The van der Waals surface area contributed by atoms with Gasteiger partial charge in [0, 0.05) is 26.2 Å². The van der Waals surface area contributed by atoms with Crippen molar-refractivity contribution in [2.75, 3.05) is 26.2 Å². The van der Waals surface area contributed by atoms with Crippen LogP contribution in [-0.4, -0.2) is 66.4 Å². The standard InChI is InChI=1S/C24H24ClN7O4/c25-16-5-6-17-20(15(16)11-26)31(9-8-30-7-1-3-14(33)12-30)24(34)21-19(27-13-32(17)21)22-28-23(36-29-22)18-4-2-10-35-18/h5-6,13-14,18,33H,1-4,7-10,12H2. The Morgan fingerprint density at radius 2 is 2.11 bits per heavy atom. The summed E-state index contributed by atoms with van der Waals surface area (Å²) in [5.41, 5.74) is 1.53. The number of hydrogen-bond donors (Lipinski definition) is 1. The molecule has 2 atom stereocenters. The molecule has 0 bridgehead atoms. The molecule has 11 nitrogen and oxygen atoms in total. The van der Waals surface area contributed by atoms with Crippen molar-refractivity contribution in [3.05, 3.63) is 45.3 Å². The predicted octanol–water partition coefficient (Wildman–Crippen LogP) is 2.53. The minimum Gasteiger partial charge on any atom is -0.392 e. The lowest BCUT2D eigenvalue weighted by atomic mass is 10.1. The molecule has 0 amide bonds. The molecule has 36 heavy (non-hydrogen) atoms. The third-order valence-electron chi connectivity index (χ3n) is 6.94. The van der Waals surface area contributed by atoms with E-state index < -0.39 is 0 Å². The maximum atomic E-state index is 13.9. The summed E-state index contributed by atoms with van der Waals surface area (Å²) in [7, 11) is 0. The zero-order chi connectivity index (χ0) is 24.8. The average Bonchev–Trinajstić information content (AvgIpc) is 3.64. The monoisotopic (exact) mass is 509 g/mol. The van der Waals surface area contributed by atoms with E-state index in [9.17, 15) is 15.2 Å². The van der Waals surface area contributed by atoms with E-state index in [1.165, 1.54) is 6.33 Å². The molecule has 2 fully saturated rings. The van der Waals surface area contributed by atoms with Crippen LogP contribution in [0, 0.1) is 11.3 Å². The van der Waals surface area contributed by atoms with Crippen molar-refractivity contribution in [2.45, 2.75) is 44.4 Å². The highest BCUT2D eigenvalue weighted by atomic mass is 35.5. The number of rotatable bonds is 5. The van der Waals surface area contributed by atoms with Crippen LogP contribution in [0.2, 0.25) is 5.02 Å². The largest absolute Gasteiger partial charge is 0.392 e. The molecule has 2 aliphatic heterocycles. The molecule has 1 N–H and O–H groups in total. The first-order chi connectivity index (χ1) is 17.5. The van der Waals surface area contributed by atoms with E-state index in [0.29, 0.717) is 48.9 Å². The van der Waals surface area contributed by atoms with Gasteiger partial charge in [-0.25, -0.2) is 4.98 Å². The first-order valence-electron chi connectivity index (χ1n) is 12.0. The summed E-state index contributed by atoms with van der Waals surface area (Å²) >= 11 is 6.36. The van der Waals surface area contributed by atoms with Crippen molar-refractivity contribution in [1.82, 2.24) is 29.0 Å². The molecule has 0 radical (unpaired) electrons. The van der Waals surface area contributed by atoms with Crippen LogP contribution in [0.15, 0.2) is 27.8 Å². The Hall–Kier alpha value is -3.30. The maximum Gasteiger partial charge on any atom is 0.277 e. The van der Waals surface area contributed by atoms with Gasteiger partial charge in [0.05, 0.1) is 27.7 Å². The number of aliphatic hydroxyl groups excluding tert-OH is 1. The number of ether oxygens (including phenoxy) is 1. The van der Waals surface area contributed by atoms with Gasteiger partial charge in [-0.05, 0) is 44.4 Å². The molecule has 0 aliphatic carbocycles. The number of aliphatic hydroxyl groups is 1. The van der Waals surface area contributed by atoms with Crippen molar-refractivity contribution < 1.29 is 14.4 Å². The van der Waals surface area contributed by atoms with Gasteiger partial charge in [0.1, 0.15) is 29.7 Å². The Morgan fingerprint density at radius 3 is 2.89 bits per heavy atom. The SMILES string of the molecule is N#Cc1c(Cl)ccc2c1n(CCN1CCCC(O)C1)c(=O)c1c(-c3noc(C4CCCO4)n3)ncn12. The topological polar surface area (TPSA) is 135 Å². The first kappa shape index (κ1) is 23.1. The number of aromatic nitrogens is 5. The van der Waals surface area contributed by atoms with Crippen molar-refractivity contribution in [3.63, 3.8) is 0 Å². The normalized spacial score (nSPS) is 20.9. The summed E-state index contributed by atoms with van der Waals surface area (Å²) in [6.07, 6.45) is 4.28. The molecule has 0 saturated carbocycles. The van der Waals surface area contributed by atoms with Gasteiger partial charge in [-0.3, -0.25) is 14.1 Å². The average molecular weight is 510 g/mol. The lowest BCUT2D eigenvalue weighted by Gasteiger charge is -2.30. The number of fused-ring (bicyclic) bond motifs is 3. The van der Waals surface area contributed by atoms with E-state index >= 15 is 0 Å². The molecule has 2 saturated heterocycles. The molecule has 1 aromatic carbocycles.